The number of likely N-dealkylation sites (N-methyl/N-ethyl adjacent to an activating group) is 2. The van der Waals surface area contributed by atoms with E-state index in [4.69, 9.17) is 0 Å². The van der Waals surface area contributed by atoms with Crippen LogP contribution in [0.2, 0.25) is 0 Å². The molecule has 0 spiro atoms. The second kappa shape index (κ2) is 7.90. The van der Waals surface area contributed by atoms with E-state index < -0.39 is 6.10 Å². The maximum atomic E-state index is 12.3. The van der Waals surface area contributed by atoms with Gasteiger partial charge in [0.15, 0.2) is 0 Å². The Balaban J connectivity index is 2.11. The molecule has 0 heterocycles. The van der Waals surface area contributed by atoms with Crippen molar-refractivity contribution in [3.05, 3.63) is 59.7 Å². The maximum Gasteiger partial charge on any atom is 0.253 e. The van der Waals surface area contributed by atoms with Crippen LogP contribution >= 0.6 is 0 Å². The zero-order valence-electron chi connectivity index (χ0n) is 13.9. The number of aliphatic hydroxyl groups is 1. The minimum atomic E-state index is -0.461. The number of benzene rings is 2. The molecule has 4 heteroatoms. The molecule has 0 fully saturated rings. The average Bonchev–Trinajstić information content (AvgIpc) is 2.59. The summed E-state index contributed by atoms with van der Waals surface area (Å²) in [5, 5.41) is 12.6. The first kappa shape index (κ1) is 17.2. The molecule has 1 atom stereocenters. The molecule has 23 heavy (non-hydrogen) atoms. The topological polar surface area (TPSA) is 52.6 Å². The minimum Gasteiger partial charge on any atom is -0.389 e. The van der Waals surface area contributed by atoms with Crippen LogP contribution in [0.15, 0.2) is 48.5 Å². The predicted octanol–water partition coefficient (Wildman–Crippen LogP) is 2.70. The molecule has 0 saturated heterocycles. The summed E-state index contributed by atoms with van der Waals surface area (Å²) in [6, 6.07) is 15.4. The Morgan fingerprint density at radius 3 is 2.09 bits per heavy atom. The van der Waals surface area contributed by atoms with Gasteiger partial charge in [0.05, 0.1) is 6.10 Å². The highest BCUT2D eigenvalue weighted by Gasteiger charge is 2.11. The average molecular weight is 312 g/mol. The van der Waals surface area contributed by atoms with E-state index in [9.17, 15) is 9.90 Å². The Morgan fingerprint density at radius 2 is 1.61 bits per heavy atom. The molecule has 2 aromatic carbocycles. The van der Waals surface area contributed by atoms with Gasteiger partial charge in [-0.05, 0) is 42.8 Å². The van der Waals surface area contributed by atoms with Crippen molar-refractivity contribution in [3.8, 4) is 11.1 Å². The third-order valence-corrected chi connectivity index (χ3v) is 3.90. The van der Waals surface area contributed by atoms with Crippen LogP contribution in [0, 0.1) is 0 Å². The van der Waals surface area contributed by atoms with Crippen LogP contribution in [0.5, 0.6) is 0 Å². The van der Waals surface area contributed by atoms with Crippen LogP contribution in [-0.2, 0) is 0 Å². The van der Waals surface area contributed by atoms with Gasteiger partial charge in [-0.2, -0.15) is 0 Å². The summed E-state index contributed by atoms with van der Waals surface area (Å²) in [6.45, 7) is 3.20. The van der Waals surface area contributed by atoms with Crippen LogP contribution in [0.3, 0.4) is 0 Å². The quantitative estimate of drug-likeness (QED) is 0.862. The van der Waals surface area contributed by atoms with Crippen molar-refractivity contribution in [1.82, 2.24) is 10.2 Å². The molecule has 0 aliphatic heterocycles. The molecule has 1 amide bonds. The standard InChI is InChI=1S/C19H24N2O2/c1-14(22)15-4-6-16(7-5-15)17-8-10-18(11-9-17)19(23)21(3)13-12-20-2/h4-11,14,20,22H,12-13H2,1-3H3/t14-/m1/s1. The zero-order valence-corrected chi connectivity index (χ0v) is 13.9. The molecule has 0 bridgehead atoms. The number of hydrogen-bond donors (Lipinski definition) is 2. The number of nitrogens with zero attached hydrogens (tertiary/aromatic N) is 1. The number of aliphatic hydroxyl groups excluding tert-OH is 1. The Bertz CT molecular complexity index is 633. The zero-order chi connectivity index (χ0) is 16.8. The highest BCUT2D eigenvalue weighted by Crippen LogP contribution is 2.22. The summed E-state index contributed by atoms with van der Waals surface area (Å²) >= 11 is 0. The molecule has 2 aromatic rings. The van der Waals surface area contributed by atoms with Crippen molar-refractivity contribution in [1.29, 1.82) is 0 Å². The molecule has 4 nitrogen and oxygen atoms in total. The van der Waals surface area contributed by atoms with Crippen LogP contribution in [0.25, 0.3) is 11.1 Å². The molecule has 122 valence electrons. The highest BCUT2D eigenvalue weighted by molar-refractivity contribution is 5.94. The van der Waals surface area contributed by atoms with Crippen LogP contribution < -0.4 is 5.32 Å². The van der Waals surface area contributed by atoms with Crippen molar-refractivity contribution < 1.29 is 9.90 Å². The molecule has 0 aliphatic rings. The minimum absolute atomic E-state index is 0.0243. The third kappa shape index (κ3) is 4.41. The second-order valence-electron chi connectivity index (χ2n) is 5.71. The summed E-state index contributed by atoms with van der Waals surface area (Å²) in [5.74, 6) is 0.0243. The maximum absolute atomic E-state index is 12.3. The fraction of sp³-hybridized carbons (Fsp3) is 0.316. The van der Waals surface area contributed by atoms with E-state index in [0.717, 1.165) is 23.2 Å². The van der Waals surface area contributed by atoms with E-state index in [2.05, 4.69) is 5.32 Å². The molecule has 0 unspecified atom stereocenters. The van der Waals surface area contributed by atoms with Gasteiger partial charge >= 0.3 is 0 Å². The summed E-state index contributed by atoms with van der Waals surface area (Å²) in [6.07, 6.45) is -0.461. The number of nitrogens with one attached hydrogen (secondary N) is 1. The van der Waals surface area contributed by atoms with Crippen LogP contribution in [0.1, 0.15) is 28.9 Å². The Hall–Kier alpha value is -2.17. The third-order valence-electron chi connectivity index (χ3n) is 3.90. The highest BCUT2D eigenvalue weighted by atomic mass is 16.3. The Kier molecular flexibility index (Phi) is 5.90. The largest absolute Gasteiger partial charge is 0.389 e. The van der Waals surface area contributed by atoms with Gasteiger partial charge in [-0.25, -0.2) is 0 Å². The molecule has 0 radical (unpaired) electrons. The number of rotatable bonds is 6. The Labute approximate surface area is 137 Å². The first-order valence-electron chi connectivity index (χ1n) is 7.81. The lowest BCUT2D eigenvalue weighted by molar-refractivity contribution is 0.0797. The molecular weight excluding hydrogens is 288 g/mol. The van der Waals surface area contributed by atoms with Gasteiger partial charge in [-0.15, -0.1) is 0 Å². The molecule has 2 N–H and O–H groups in total. The van der Waals surface area contributed by atoms with Crippen molar-refractivity contribution >= 4 is 5.91 Å². The fourth-order valence-corrected chi connectivity index (χ4v) is 2.36. The van der Waals surface area contributed by atoms with Crippen LogP contribution in [0.4, 0.5) is 0 Å². The first-order chi connectivity index (χ1) is 11.0. The van der Waals surface area contributed by atoms with Gasteiger partial charge in [0.2, 0.25) is 0 Å². The summed E-state index contributed by atoms with van der Waals surface area (Å²) in [4.78, 5) is 14.0. The van der Waals surface area contributed by atoms with E-state index in [1.165, 1.54) is 0 Å². The number of carbonyl (C=O) groups excluding carboxylic acids is 1. The summed E-state index contributed by atoms with van der Waals surface area (Å²) in [5.41, 5.74) is 3.70. The normalized spacial score (nSPS) is 12.0. The fourth-order valence-electron chi connectivity index (χ4n) is 2.36. The lowest BCUT2D eigenvalue weighted by Crippen LogP contribution is -2.32. The van der Waals surface area contributed by atoms with Gasteiger partial charge in [-0.3, -0.25) is 4.79 Å². The molecule has 2 rings (SSSR count). The lowest BCUT2D eigenvalue weighted by atomic mass is 10.0. The van der Waals surface area contributed by atoms with Gasteiger partial charge in [0.1, 0.15) is 0 Å². The van der Waals surface area contributed by atoms with Crippen LogP contribution in [-0.4, -0.2) is 43.1 Å². The molecule has 0 saturated carbocycles. The van der Waals surface area contributed by atoms with E-state index in [0.29, 0.717) is 12.1 Å². The van der Waals surface area contributed by atoms with Crippen molar-refractivity contribution in [2.45, 2.75) is 13.0 Å². The first-order valence-corrected chi connectivity index (χ1v) is 7.81. The number of hydrogen-bond acceptors (Lipinski definition) is 3. The van der Waals surface area contributed by atoms with Gasteiger partial charge < -0.3 is 15.3 Å². The van der Waals surface area contributed by atoms with E-state index >= 15 is 0 Å². The number of carbonyl (C=O) groups is 1. The van der Waals surface area contributed by atoms with Crippen molar-refractivity contribution in [2.24, 2.45) is 0 Å². The second-order valence-corrected chi connectivity index (χ2v) is 5.71. The van der Waals surface area contributed by atoms with E-state index in [1.807, 2.05) is 62.6 Å². The van der Waals surface area contributed by atoms with Gasteiger partial charge in [0, 0.05) is 25.7 Å². The van der Waals surface area contributed by atoms with E-state index in [1.54, 1.807) is 11.8 Å². The lowest BCUT2D eigenvalue weighted by Gasteiger charge is -2.17. The molecule has 0 aliphatic carbocycles. The summed E-state index contributed by atoms with van der Waals surface area (Å²) in [7, 11) is 3.68. The smallest absolute Gasteiger partial charge is 0.253 e. The van der Waals surface area contributed by atoms with Gasteiger partial charge in [-0.1, -0.05) is 36.4 Å². The molecule has 0 aromatic heterocycles. The van der Waals surface area contributed by atoms with Crippen molar-refractivity contribution in [2.75, 3.05) is 27.2 Å². The SMILES string of the molecule is CNCCN(C)C(=O)c1ccc(-c2ccc([C@@H](C)O)cc2)cc1. The number of amides is 1. The Morgan fingerprint density at radius 1 is 1.09 bits per heavy atom. The van der Waals surface area contributed by atoms with E-state index in [-0.39, 0.29) is 5.91 Å². The molecular formula is C19H24N2O2. The predicted molar refractivity (Wildman–Crippen MR) is 93.4 cm³/mol. The van der Waals surface area contributed by atoms with Gasteiger partial charge in [0.25, 0.3) is 5.91 Å². The monoisotopic (exact) mass is 312 g/mol. The summed E-state index contributed by atoms with van der Waals surface area (Å²) < 4.78 is 0. The van der Waals surface area contributed by atoms with Crippen molar-refractivity contribution in [3.63, 3.8) is 0 Å².